The van der Waals surface area contributed by atoms with E-state index in [1.807, 2.05) is 6.92 Å². The normalized spacial score (nSPS) is 13.6. The van der Waals surface area contributed by atoms with Crippen LogP contribution in [0.2, 0.25) is 0 Å². The molecule has 2 heterocycles. The van der Waals surface area contributed by atoms with Crippen LogP contribution in [0, 0.1) is 11.8 Å². The molecule has 2 rings (SSSR count). The number of rotatable bonds is 96. The number of hydrogen-bond donors (Lipinski definition) is 0. The lowest BCUT2D eigenvalue weighted by atomic mass is 9.93. The molecule has 14 heteroatoms. The number of amides is 2. The highest BCUT2D eigenvalue weighted by Gasteiger charge is 2.28. The van der Waals surface area contributed by atoms with Gasteiger partial charge in [-0.3, -0.25) is 29.0 Å². The van der Waals surface area contributed by atoms with Gasteiger partial charge in [0.05, 0.1) is 26.8 Å². The Morgan fingerprint density at radius 1 is 0.222 bits per heavy atom. The zero-order valence-electron chi connectivity index (χ0n) is 87.1. The van der Waals surface area contributed by atoms with Crippen molar-refractivity contribution in [1.82, 2.24) is 39.2 Å². The molecule has 2 aliphatic rings. The summed E-state index contributed by atoms with van der Waals surface area (Å²) in [6, 6.07) is 0. The molecule has 0 aromatic heterocycles. The average molecular weight is 1780 g/mol. The van der Waals surface area contributed by atoms with Crippen molar-refractivity contribution in [2.75, 3.05) is 158 Å². The molecule has 0 aliphatic carbocycles. The first-order valence-electron chi connectivity index (χ1n) is 57.1. The lowest BCUT2D eigenvalue weighted by Gasteiger charge is -2.35. The summed E-state index contributed by atoms with van der Waals surface area (Å²) in [6.07, 6.45) is 94.5. The highest BCUT2D eigenvalue weighted by molar-refractivity contribution is 5.79. The maximum Gasteiger partial charge on any atom is 0.305 e. The lowest BCUT2D eigenvalue weighted by Crippen LogP contribution is -2.46. The Morgan fingerprint density at radius 2 is 0.405 bits per heavy atom. The third kappa shape index (κ3) is 79.1. The number of likely N-dealkylation sites (tertiary alicyclic amines) is 2. The first kappa shape index (κ1) is 122. The second kappa shape index (κ2) is 95.8. The molecule has 0 radical (unpaired) electrons. The standard InChI is InChI=1S/2C56H112N4O3/c1-6-10-14-18-22-28-34-43-57(44-35-32-26-27-33-39-56(62)63-5)48-40-54-41-49-60(50-42-54)55(61)53-59(47-38-31-25-21-17-13-9-4)52-51-58(45-36-29-23-19-15-11-7-2)46-37-30-24-20-16-12-8-3;1-6-11-15-19-23-28-34-43-57(44-37-32-27-33-39-56(62)63-10-5)48-40-54-41-49-60(50-42-54)55(61)53-59(47-38-31-26-22-18-14-9-4)52-51-58(45-35-29-24-20-16-12-7-2)46-36-30-25-21-17-13-8-3/h2*54H,6-53H2,1-5H3. The monoisotopic (exact) mass is 1780 g/mol. The fourth-order valence-corrected chi connectivity index (χ4v) is 19.5. The van der Waals surface area contributed by atoms with E-state index in [0.29, 0.717) is 44.4 Å². The van der Waals surface area contributed by atoms with Gasteiger partial charge in [-0.1, -0.05) is 396 Å². The van der Waals surface area contributed by atoms with Crippen molar-refractivity contribution < 1.29 is 28.7 Å². The van der Waals surface area contributed by atoms with E-state index in [0.717, 1.165) is 116 Å². The molecule has 0 spiro atoms. The summed E-state index contributed by atoms with van der Waals surface area (Å²) < 4.78 is 9.93. The number of piperidine rings is 2. The summed E-state index contributed by atoms with van der Waals surface area (Å²) in [7, 11) is 1.49. The first-order valence-corrected chi connectivity index (χ1v) is 57.1. The molecule has 0 saturated carbocycles. The maximum atomic E-state index is 14.0. The van der Waals surface area contributed by atoms with E-state index >= 15 is 0 Å². The molecule has 0 atom stereocenters. The Hall–Kier alpha value is -2.36. The summed E-state index contributed by atoms with van der Waals surface area (Å²) in [5.74, 6) is 2.11. The second-order valence-corrected chi connectivity index (χ2v) is 40.2. The molecule has 0 aromatic rings. The van der Waals surface area contributed by atoms with E-state index in [2.05, 4.69) is 94.6 Å². The van der Waals surface area contributed by atoms with E-state index in [-0.39, 0.29) is 11.9 Å². The molecule has 126 heavy (non-hydrogen) atoms. The molecule has 0 N–H and O–H groups in total. The molecule has 2 fully saturated rings. The summed E-state index contributed by atoms with van der Waals surface area (Å²) in [6.45, 7) is 44.4. The third-order valence-corrected chi connectivity index (χ3v) is 28.4. The van der Waals surface area contributed by atoms with Gasteiger partial charge in [-0.05, 0) is 213 Å². The fraction of sp³-hybridized carbons (Fsp3) is 0.964. The van der Waals surface area contributed by atoms with Crippen LogP contribution >= 0.6 is 0 Å². The summed E-state index contributed by atoms with van der Waals surface area (Å²) in [4.78, 5) is 71.9. The molecule has 0 unspecified atom stereocenters. The number of carbonyl (C=O) groups excluding carboxylic acids is 4. The molecule has 0 bridgehead atoms. The molecule has 14 nitrogen and oxygen atoms in total. The maximum absolute atomic E-state index is 14.0. The van der Waals surface area contributed by atoms with Crippen molar-refractivity contribution in [1.29, 1.82) is 0 Å². The summed E-state index contributed by atoms with van der Waals surface area (Å²) in [5, 5.41) is 0. The van der Waals surface area contributed by atoms with Crippen molar-refractivity contribution in [2.24, 2.45) is 11.8 Å². The Balaban J connectivity index is 0.00000126. The van der Waals surface area contributed by atoms with Gasteiger partial charge in [-0.15, -0.1) is 0 Å². The van der Waals surface area contributed by atoms with E-state index in [1.54, 1.807) is 0 Å². The average Bonchev–Trinajstić information content (AvgIpc) is 0.876. The predicted octanol–water partition coefficient (Wildman–Crippen LogP) is 30.1. The van der Waals surface area contributed by atoms with E-state index < -0.39 is 0 Å². The SMILES string of the molecule is CCCCCCCCCN(CCCCCCC(=O)OCC)CCC1CCN(C(=O)CN(CCCCCCCCC)CCN(CCCCCCCCC)CCCCCCCCC)CC1.CCCCCCCCCN(CCCCCCCC(=O)OC)CCC1CCN(C(=O)CN(CCCCCCCCC)CCN(CCCCCCCCC)CCCCCCCCC)CC1. The number of nitrogens with zero attached hydrogens (tertiary/aromatic N) is 8. The van der Waals surface area contributed by atoms with Crippen LogP contribution in [-0.4, -0.2) is 221 Å². The Labute approximate surface area is 787 Å². The summed E-state index contributed by atoms with van der Waals surface area (Å²) in [5.41, 5.74) is 0. The Morgan fingerprint density at radius 3 is 0.619 bits per heavy atom. The van der Waals surface area contributed by atoms with Crippen LogP contribution in [0.15, 0.2) is 0 Å². The molecule has 2 amide bonds. The minimum absolute atomic E-state index is 0.0448. The van der Waals surface area contributed by atoms with Crippen LogP contribution in [0.4, 0.5) is 0 Å². The number of esters is 2. The zero-order chi connectivity index (χ0) is 91.4. The van der Waals surface area contributed by atoms with E-state index in [1.165, 1.54) is 490 Å². The van der Waals surface area contributed by atoms with Crippen molar-refractivity contribution in [3.05, 3.63) is 0 Å². The van der Waals surface area contributed by atoms with Crippen molar-refractivity contribution in [3.8, 4) is 0 Å². The molecule has 748 valence electrons. The van der Waals surface area contributed by atoms with Gasteiger partial charge in [0.1, 0.15) is 0 Å². The minimum atomic E-state index is -0.0768. The Bertz CT molecular complexity index is 2210. The van der Waals surface area contributed by atoms with Crippen molar-refractivity contribution in [3.63, 3.8) is 0 Å². The highest BCUT2D eigenvalue weighted by atomic mass is 16.5. The van der Waals surface area contributed by atoms with E-state index in [9.17, 15) is 19.2 Å². The van der Waals surface area contributed by atoms with Crippen LogP contribution in [0.25, 0.3) is 0 Å². The number of methoxy groups -OCH3 is 1. The first-order chi connectivity index (χ1) is 61.9. The number of carbonyl (C=O) groups is 4. The Kier molecular flexibility index (Phi) is 92.5. The topological polar surface area (TPSA) is 113 Å². The minimum Gasteiger partial charge on any atom is -0.469 e. The van der Waals surface area contributed by atoms with Gasteiger partial charge in [0, 0.05) is 65.2 Å². The van der Waals surface area contributed by atoms with Gasteiger partial charge in [0.2, 0.25) is 11.8 Å². The lowest BCUT2D eigenvalue weighted by molar-refractivity contribution is -0.143. The van der Waals surface area contributed by atoms with Gasteiger partial charge < -0.3 is 38.9 Å². The van der Waals surface area contributed by atoms with Gasteiger partial charge in [-0.25, -0.2) is 0 Å². The largest absolute Gasteiger partial charge is 0.469 e. The van der Waals surface area contributed by atoms with Crippen molar-refractivity contribution in [2.45, 2.75) is 531 Å². The van der Waals surface area contributed by atoms with Crippen LogP contribution in [0.1, 0.15) is 531 Å². The predicted molar refractivity (Wildman–Crippen MR) is 550 cm³/mol. The highest BCUT2D eigenvalue weighted by Crippen LogP contribution is 2.26. The molecule has 0 aromatic carbocycles. The number of ether oxygens (including phenoxy) is 2. The van der Waals surface area contributed by atoms with Gasteiger partial charge >= 0.3 is 11.9 Å². The fourth-order valence-electron chi connectivity index (χ4n) is 19.5. The third-order valence-electron chi connectivity index (χ3n) is 28.4. The molecular formula is C112H224N8O6. The smallest absolute Gasteiger partial charge is 0.305 e. The van der Waals surface area contributed by atoms with Gasteiger partial charge in [-0.2, -0.15) is 0 Å². The van der Waals surface area contributed by atoms with Crippen molar-refractivity contribution >= 4 is 23.8 Å². The molecular weight excluding hydrogens is 1550 g/mol. The van der Waals surface area contributed by atoms with Crippen LogP contribution < -0.4 is 0 Å². The van der Waals surface area contributed by atoms with E-state index in [4.69, 9.17) is 9.47 Å². The summed E-state index contributed by atoms with van der Waals surface area (Å²) >= 11 is 0. The van der Waals surface area contributed by atoms with Crippen LogP contribution in [0.5, 0.6) is 0 Å². The quantitative estimate of drug-likeness (QED) is 0.0427. The van der Waals surface area contributed by atoms with Gasteiger partial charge in [0.25, 0.3) is 0 Å². The van der Waals surface area contributed by atoms with Gasteiger partial charge in [0.15, 0.2) is 0 Å². The molecule has 2 aliphatic heterocycles. The number of unbranched alkanes of at least 4 members (excludes halogenated alkanes) is 55. The number of hydrogen-bond acceptors (Lipinski definition) is 12. The zero-order valence-corrected chi connectivity index (χ0v) is 87.1. The second-order valence-electron chi connectivity index (χ2n) is 40.2. The van der Waals surface area contributed by atoms with Crippen LogP contribution in [-0.2, 0) is 28.7 Å². The molecule has 2 saturated heterocycles. The van der Waals surface area contributed by atoms with Crippen LogP contribution in [0.3, 0.4) is 0 Å².